The number of nitrogens with zero attached hydrogens (tertiary/aromatic N) is 3. The Morgan fingerprint density at radius 3 is 2.65 bits per heavy atom. The SMILES string of the molecule is CCn1nc(C)c(-c2csc(C3(N)CCCC3)n2)c1C. The van der Waals surface area contributed by atoms with E-state index in [4.69, 9.17) is 10.7 Å². The van der Waals surface area contributed by atoms with Gasteiger partial charge in [0.15, 0.2) is 0 Å². The molecule has 0 spiro atoms. The molecule has 0 aromatic carbocycles. The van der Waals surface area contributed by atoms with E-state index in [-0.39, 0.29) is 5.54 Å². The van der Waals surface area contributed by atoms with Crippen LogP contribution in [-0.4, -0.2) is 14.8 Å². The van der Waals surface area contributed by atoms with Crippen LogP contribution in [0, 0.1) is 13.8 Å². The molecule has 4 nitrogen and oxygen atoms in total. The Bertz CT molecular complexity index is 620. The summed E-state index contributed by atoms with van der Waals surface area (Å²) >= 11 is 1.70. The number of rotatable bonds is 3. The minimum atomic E-state index is -0.189. The second kappa shape index (κ2) is 4.97. The molecule has 20 heavy (non-hydrogen) atoms. The van der Waals surface area contributed by atoms with Crippen LogP contribution in [0.1, 0.15) is 49.0 Å². The molecular weight excluding hydrogens is 268 g/mol. The van der Waals surface area contributed by atoms with Crippen LogP contribution < -0.4 is 5.73 Å². The molecule has 0 amide bonds. The van der Waals surface area contributed by atoms with Crippen LogP contribution in [0.2, 0.25) is 0 Å². The van der Waals surface area contributed by atoms with Gasteiger partial charge in [-0.1, -0.05) is 12.8 Å². The van der Waals surface area contributed by atoms with Crippen molar-refractivity contribution in [3.8, 4) is 11.3 Å². The summed E-state index contributed by atoms with van der Waals surface area (Å²) < 4.78 is 2.04. The molecule has 0 radical (unpaired) electrons. The Morgan fingerprint density at radius 1 is 1.35 bits per heavy atom. The van der Waals surface area contributed by atoms with Gasteiger partial charge in [-0.05, 0) is 33.6 Å². The lowest BCUT2D eigenvalue weighted by Crippen LogP contribution is -2.32. The zero-order valence-corrected chi connectivity index (χ0v) is 13.3. The van der Waals surface area contributed by atoms with Crippen LogP contribution in [0.4, 0.5) is 0 Å². The average Bonchev–Trinajstić information content (AvgIpc) is 3.10. The van der Waals surface area contributed by atoms with Gasteiger partial charge in [0.2, 0.25) is 0 Å². The van der Waals surface area contributed by atoms with E-state index in [0.29, 0.717) is 0 Å². The molecule has 5 heteroatoms. The normalized spacial score (nSPS) is 17.8. The molecule has 0 bridgehead atoms. The summed E-state index contributed by atoms with van der Waals surface area (Å²) in [6.45, 7) is 7.18. The van der Waals surface area contributed by atoms with Crippen molar-refractivity contribution in [3.63, 3.8) is 0 Å². The molecule has 1 saturated carbocycles. The lowest BCUT2D eigenvalue weighted by Gasteiger charge is -2.19. The van der Waals surface area contributed by atoms with Gasteiger partial charge < -0.3 is 5.73 Å². The maximum absolute atomic E-state index is 6.51. The summed E-state index contributed by atoms with van der Waals surface area (Å²) in [5.41, 5.74) is 10.8. The molecule has 3 rings (SSSR count). The number of hydrogen-bond acceptors (Lipinski definition) is 4. The van der Waals surface area contributed by atoms with Crippen molar-refractivity contribution in [2.75, 3.05) is 0 Å². The van der Waals surface area contributed by atoms with Crippen molar-refractivity contribution in [2.24, 2.45) is 5.73 Å². The lowest BCUT2D eigenvalue weighted by atomic mass is 10.0. The van der Waals surface area contributed by atoms with Crippen molar-refractivity contribution in [3.05, 3.63) is 21.8 Å². The van der Waals surface area contributed by atoms with Crippen molar-refractivity contribution in [1.82, 2.24) is 14.8 Å². The summed E-state index contributed by atoms with van der Waals surface area (Å²) in [6.07, 6.45) is 4.56. The minimum absolute atomic E-state index is 0.189. The highest BCUT2D eigenvalue weighted by Crippen LogP contribution is 2.39. The molecule has 1 aliphatic rings. The van der Waals surface area contributed by atoms with Gasteiger partial charge in [-0.15, -0.1) is 11.3 Å². The number of aryl methyl sites for hydroxylation is 2. The first-order chi connectivity index (χ1) is 9.55. The Hall–Kier alpha value is -1.20. The van der Waals surface area contributed by atoms with E-state index < -0.39 is 0 Å². The van der Waals surface area contributed by atoms with Gasteiger partial charge in [-0.3, -0.25) is 4.68 Å². The van der Waals surface area contributed by atoms with E-state index in [1.807, 2.05) is 4.68 Å². The third-order valence-electron chi connectivity index (χ3n) is 4.36. The van der Waals surface area contributed by atoms with E-state index in [2.05, 4.69) is 31.2 Å². The first kappa shape index (κ1) is 13.8. The fourth-order valence-corrected chi connectivity index (χ4v) is 4.20. The highest BCUT2D eigenvalue weighted by molar-refractivity contribution is 7.10. The Kier molecular flexibility index (Phi) is 3.42. The van der Waals surface area contributed by atoms with Gasteiger partial charge in [0.1, 0.15) is 5.01 Å². The summed E-state index contributed by atoms with van der Waals surface area (Å²) in [5.74, 6) is 0. The molecule has 0 saturated heterocycles. The lowest BCUT2D eigenvalue weighted by molar-refractivity contribution is 0.459. The van der Waals surface area contributed by atoms with Gasteiger partial charge in [-0.2, -0.15) is 5.10 Å². The number of hydrogen-bond donors (Lipinski definition) is 1. The molecule has 1 aliphatic carbocycles. The van der Waals surface area contributed by atoms with Crippen molar-refractivity contribution in [1.29, 1.82) is 0 Å². The van der Waals surface area contributed by atoms with Gasteiger partial charge in [0.25, 0.3) is 0 Å². The van der Waals surface area contributed by atoms with Crippen LogP contribution in [0.3, 0.4) is 0 Å². The smallest absolute Gasteiger partial charge is 0.113 e. The monoisotopic (exact) mass is 290 g/mol. The van der Waals surface area contributed by atoms with Crippen LogP contribution in [0.25, 0.3) is 11.3 Å². The van der Waals surface area contributed by atoms with Gasteiger partial charge >= 0.3 is 0 Å². The molecule has 1 fully saturated rings. The Labute approximate surface area is 124 Å². The zero-order valence-electron chi connectivity index (χ0n) is 12.4. The molecule has 2 aromatic rings. The minimum Gasteiger partial charge on any atom is -0.319 e. The number of thiazole rings is 1. The third kappa shape index (κ3) is 2.09. The Balaban J connectivity index is 2.00. The molecule has 108 valence electrons. The predicted octanol–water partition coefficient (Wildman–Crippen LogP) is 3.37. The van der Waals surface area contributed by atoms with E-state index in [0.717, 1.165) is 35.8 Å². The van der Waals surface area contributed by atoms with Gasteiger partial charge in [-0.25, -0.2) is 4.98 Å². The molecule has 2 N–H and O–H groups in total. The molecule has 0 unspecified atom stereocenters. The molecule has 0 atom stereocenters. The fraction of sp³-hybridized carbons (Fsp3) is 0.600. The van der Waals surface area contributed by atoms with Crippen LogP contribution >= 0.6 is 11.3 Å². The summed E-state index contributed by atoms with van der Waals surface area (Å²) in [7, 11) is 0. The van der Waals surface area contributed by atoms with E-state index in [1.165, 1.54) is 24.1 Å². The van der Waals surface area contributed by atoms with E-state index in [9.17, 15) is 0 Å². The fourth-order valence-electron chi connectivity index (χ4n) is 3.21. The molecule has 0 aliphatic heterocycles. The molecule has 2 aromatic heterocycles. The van der Waals surface area contributed by atoms with Crippen LogP contribution in [-0.2, 0) is 12.1 Å². The van der Waals surface area contributed by atoms with Gasteiger partial charge in [0, 0.05) is 23.2 Å². The summed E-state index contributed by atoms with van der Waals surface area (Å²) in [5, 5.41) is 7.81. The topological polar surface area (TPSA) is 56.7 Å². The van der Waals surface area contributed by atoms with E-state index >= 15 is 0 Å². The Morgan fingerprint density at radius 2 is 2.05 bits per heavy atom. The predicted molar refractivity (Wildman–Crippen MR) is 82.8 cm³/mol. The first-order valence-corrected chi connectivity index (χ1v) is 8.22. The standard InChI is InChI=1S/C15H22N4S/c1-4-19-11(3)13(10(2)18-19)12-9-20-14(17-12)15(16)7-5-6-8-15/h9H,4-8,16H2,1-3H3. The third-order valence-corrected chi connectivity index (χ3v) is 5.43. The number of nitrogens with two attached hydrogens (primary N) is 1. The summed E-state index contributed by atoms with van der Waals surface area (Å²) in [4.78, 5) is 4.84. The second-order valence-electron chi connectivity index (χ2n) is 5.76. The van der Waals surface area contributed by atoms with E-state index in [1.54, 1.807) is 11.3 Å². The van der Waals surface area contributed by atoms with Gasteiger partial charge in [0.05, 0.1) is 16.9 Å². The second-order valence-corrected chi connectivity index (χ2v) is 6.62. The van der Waals surface area contributed by atoms with Crippen molar-refractivity contribution in [2.45, 2.75) is 58.5 Å². The van der Waals surface area contributed by atoms with Crippen molar-refractivity contribution < 1.29 is 0 Å². The first-order valence-electron chi connectivity index (χ1n) is 7.34. The average molecular weight is 290 g/mol. The van der Waals surface area contributed by atoms with Crippen LogP contribution in [0.5, 0.6) is 0 Å². The quantitative estimate of drug-likeness (QED) is 0.943. The van der Waals surface area contributed by atoms with Crippen molar-refractivity contribution >= 4 is 11.3 Å². The largest absolute Gasteiger partial charge is 0.319 e. The zero-order chi connectivity index (χ0) is 14.3. The summed E-state index contributed by atoms with van der Waals surface area (Å²) in [6, 6.07) is 0. The maximum atomic E-state index is 6.51. The highest BCUT2D eigenvalue weighted by atomic mass is 32.1. The molecular formula is C15H22N4S. The van der Waals surface area contributed by atoms with Crippen LogP contribution in [0.15, 0.2) is 5.38 Å². The molecule has 2 heterocycles. The number of aromatic nitrogens is 3. The highest BCUT2D eigenvalue weighted by Gasteiger charge is 2.34. The maximum Gasteiger partial charge on any atom is 0.113 e.